The van der Waals surface area contributed by atoms with E-state index in [9.17, 15) is 19.7 Å². The normalized spacial score (nSPS) is 10.5. The maximum absolute atomic E-state index is 12.7. The molecule has 204 valence electrons. The van der Waals surface area contributed by atoms with Crippen LogP contribution in [-0.4, -0.2) is 35.2 Å². The summed E-state index contributed by atoms with van der Waals surface area (Å²) in [6.45, 7) is 6.51. The van der Waals surface area contributed by atoms with Crippen LogP contribution < -0.4 is 14.2 Å². The minimum atomic E-state index is -1.04. The third-order valence-corrected chi connectivity index (χ3v) is 5.85. The van der Waals surface area contributed by atoms with Gasteiger partial charge in [0.1, 0.15) is 11.5 Å². The van der Waals surface area contributed by atoms with Crippen LogP contribution >= 0.6 is 0 Å². The van der Waals surface area contributed by atoms with Crippen molar-refractivity contribution in [2.75, 3.05) is 13.2 Å². The molecule has 3 aromatic carbocycles. The second-order valence-corrected chi connectivity index (χ2v) is 8.79. The van der Waals surface area contributed by atoms with E-state index in [4.69, 9.17) is 19.3 Å². The van der Waals surface area contributed by atoms with Crippen LogP contribution in [0.15, 0.2) is 78.9 Å². The number of esters is 1. The zero-order chi connectivity index (χ0) is 28.2. The molecule has 0 unspecified atom stereocenters. The second-order valence-electron chi connectivity index (χ2n) is 8.79. The number of carbonyl (C=O) groups excluding carboxylic acids is 1. The monoisotopic (exact) mass is 533 g/mol. The van der Waals surface area contributed by atoms with Gasteiger partial charge in [-0.1, -0.05) is 44.5 Å². The number of nitro benzene ring substituents is 1. The second kappa shape index (κ2) is 14.3. The predicted octanol–water partition coefficient (Wildman–Crippen LogP) is 6.85. The Hall–Kier alpha value is -4.66. The Morgan fingerprint density at radius 2 is 1.46 bits per heavy atom. The van der Waals surface area contributed by atoms with E-state index in [0.717, 1.165) is 30.6 Å². The number of unbranched alkanes of at least 4 members (excludes halogenated alkanes) is 2. The molecule has 3 aromatic rings. The van der Waals surface area contributed by atoms with Crippen molar-refractivity contribution < 1.29 is 33.8 Å². The maximum atomic E-state index is 12.7. The van der Waals surface area contributed by atoms with Crippen LogP contribution in [0.5, 0.6) is 17.2 Å². The van der Waals surface area contributed by atoms with Gasteiger partial charge in [-0.15, -0.1) is 0 Å². The topological polar surface area (TPSA) is 125 Å². The minimum Gasteiger partial charge on any atom is -0.494 e. The van der Waals surface area contributed by atoms with Crippen LogP contribution in [0, 0.1) is 10.1 Å². The summed E-state index contributed by atoms with van der Waals surface area (Å²) in [4.78, 5) is 34.6. The van der Waals surface area contributed by atoms with Gasteiger partial charge in [0.2, 0.25) is 5.75 Å². The van der Waals surface area contributed by atoms with Gasteiger partial charge in [-0.05, 0) is 72.9 Å². The summed E-state index contributed by atoms with van der Waals surface area (Å²) >= 11 is 0. The molecule has 0 aromatic heterocycles. The third-order valence-electron chi connectivity index (χ3n) is 5.85. The first-order chi connectivity index (χ1) is 18.8. The van der Waals surface area contributed by atoms with Gasteiger partial charge >= 0.3 is 17.6 Å². The molecule has 0 aliphatic carbocycles. The third kappa shape index (κ3) is 8.70. The summed E-state index contributed by atoms with van der Waals surface area (Å²) in [5.41, 5.74) is 1.34. The Labute approximate surface area is 226 Å². The van der Waals surface area contributed by atoms with Gasteiger partial charge in [0, 0.05) is 11.6 Å². The lowest BCUT2D eigenvalue weighted by Gasteiger charge is -2.10. The van der Waals surface area contributed by atoms with E-state index in [0.29, 0.717) is 30.8 Å². The van der Waals surface area contributed by atoms with E-state index in [2.05, 4.69) is 13.5 Å². The molecular formula is C30H31NO8. The lowest BCUT2D eigenvalue weighted by molar-refractivity contribution is -0.385. The molecule has 0 amide bonds. The van der Waals surface area contributed by atoms with Gasteiger partial charge < -0.3 is 19.3 Å². The number of carboxylic acid groups (broad SMARTS) is 1. The highest BCUT2D eigenvalue weighted by molar-refractivity contribution is 5.92. The van der Waals surface area contributed by atoms with Gasteiger partial charge in [0.15, 0.2) is 0 Å². The summed E-state index contributed by atoms with van der Waals surface area (Å²) in [5.74, 6) is -0.732. The fourth-order valence-corrected chi connectivity index (χ4v) is 3.64. The quantitative estimate of drug-likeness (QED) is 0.0561. The summed E-state index contributed by atoms with van der Waals surface area (Å²) in [6, 6.07) is 17.8. The smallest absolute Gasteiger partial charge is 0.343 e. The maximum Gasteiger partial charge on any atom is 0.343 e. The van der Waals surface area contributed by atoms with Crippen molar-refractivity contribution in [3.8, 4) is 28.4 Å². The van der Waals surface area contributed by atoms with Crippen LogP contribution in [0.2, 0.25) is 0 Å². The first-order valence-corrected chi connectivity index (χ1v) is 12.7. The number of hydrogen-bond donors (Lipinski definition) is 1. The fourth-order valence-electron chi connectivity index (χ4n) is 3.64. The molecule has 0 saturated carbocycles. The van der Waals surface area contributed by atoms with Crippen LogP contribution in [0.1, 0.15) is 49.4 Å². The number of carboxylic acids is 1. The van der Waals surface area contributed by atoms with E-state index in [1.54, 1.807) is 18.2 Å². The molecule has 1 N–H and O–H groups in total. The van der Waals surface area contributed by atoms with E-state index >= 15 is 0 Å². The van der Waals surface area contributed by atoms with E-state index in [1.165, 1.54) is 24.3 Å². The SMILES string of the molecule is C=C(CCCOc1ccc(C(=O)Oc2ccc(-c3ccc(OCCCCC)cc3)cc2[N+](=O)[O-])cc1)C(=O)O. The highest BCUT2D eigenvalue weighted by Gasteiger charge is 2.20. The van der Waals surface area contributed by atoms with Crippen molar-refractivity contribution in [1.29, 1.82) is 0 Å². The molecule has 0 heterocycles. The van der Waals surface area contributed by atoms with Crippen molar-refractivity contribution in [2.45, 2.75) is 39.0 Å². The molecule has 0 aliphatic rings. The highest BCUT2D eigenvalue weighted by Crippen LogP contribution is 2.33. The number of nitro groups is 1. The summed E-state index contributed by atoms with van der Waals surface area (Å²) in [6.07, 6.45) is 3.98. The Morgan fingerprint density at radius 1 is 0.872 bits per heavy atom. The van der Waals surface area contributed by atoms with Crippen LogP contribution in [-0.2, 0) is 4.79 Å². The number of nitrogens with zero attached hydrogens (tertiary/aromatic N) is 1. The zero-order valence-electron chi connectivity index (χ0n) is 21.8. The summed E-state index contributed by atoms with van der Waals surface area (Å²) < 4.78 is 16.6. The Kier molecular flexibility index (Phi) is 10.6. The first kappa shape index (κ1) is 28.9. The molecule has 0 saturated heterocycles. The lowest BCUT2D eigenvalue weighted by Crippen LogP contribution is -2.10. The molecule has 0 atom stereocenters. The van der Waals surface area contributed by atoms with Crippen LogP contribution in [0.3, 0.4) is 0 Å². The highest BCUT2D eigenvalue weighted by atomic mass is 16.6. The molecule has 0 bridgehead atoms. The van der Waals surface area contributed by atoms with Gasteiger partial charge in [-0.2, -0.15) is 0 Å². The largest absolute Gasteiger partial charge is 0.494 e. The predicted molar refractivity (Wildman–Crippen MR) is 146 cm³/mol. The van der Waals surface area contributed by atoms with Crippen molar-refractivity contribution in [3.05, 3.63) is 94.6 Å². The summed E-state index contributed by atoms with van der Waals surface area (Å²) in [7, 11) is 0. The van der Waals surface area contributed by atoms with Crippen molar-refractivity contribution in [2.24, 2.45) is 0 Å². The number of rotatable bonds is 15. The van der Waals surface area contributed by atoms with Crippen LogP contribution in [0.25, 0.3) is 11.1 Å². The van der Waals surface area contributed by atoms with E-state index in [1.807, 2.05) is 24.3 Å². The number of benzene rings is 3. The Balaban J connectivity index is 1.62. The van der Waals surface area contributed by atoms with Crippen molar-refractivity contribution in [3.63, 3.8) is 0 Å². The van der Waals surface area contributed by atoms with Gasteiger partial charge in [0.25, 0.3) is 0 Å². The van der Waals surface area contributed by atoms with E-state index < -0.39 is 16.9 Å². The number of hydrogen-bond acceptors (Lipinski definition) is 7. The molecule has 0 radical (unpaired) electrons. The molecule has 0 fully saturated rings. The fraction of sp³-hybridized carbons (Fsp3) is 0.267. The van der Waals surface area contributed by atoms with Gasteiger partial charge in [-0.3, -0.25) is 10.1 Å². The molecule has 0 spiro atoms. The minimum absolute atomic E-state index is 0.111. The molecule has 9 heteroatoms. The molecule has 9 nitrogen and oxygen atoms in total. The Morgan fingerprint density at radius 3 is 2.05 bits per heavy atom. The van der Waals surface area contributed by atoms with Gasteiger partial charge in [0.05, 0.1) is 23.7 Å². The molecule has 3 rings (SSSR count). The number of carbonyl (C=O) groups is 2. The average molecular weight is 534 g/mol. The number of ether oxygens (including phenoxy) is 3. The molecule has 39 heavy (non-hydrogen) atoms. The van der Waals surface area contributed by atoms with Crippen LogP contribution in [0.4, 0.5) is 5.69 Å². The molecular weight excluding hydrogens is 502 g/mol. The average Bonchev–Trinajstić information content (AvgIpc) is 2.94. The van der Waals surface area contributed by atoms with Crippen molar-refractivity contribution in [1.82, 2.24) is 0 Å². The Bertz CT molecular complexity index is 1300. The first-order valence-electron chi connectivity index (χ1n) is 12.7. The lowest BCUT2D eigenvalue weighted by atomic mass is 10.0. The zero-order valence-corrected chi connectivity index (χ0v) is 21.8. The van der Waals surface area contributed by atoms with Crippen molar-refractivity contribution >= 4 is 17.6 Å². The number of aliphatic carboxylic acids is 1. The molecule has 0 aliphatic heterocycles. The van der Waals surface area contributed by atoms with Gasteiger partial charge in [-0.25, -0.2) is 9.59 Å². The van der Waals surface area contributed by atoms with E-state index in [-0.39, 0.29) is 29.2 Å². The summed E-state index contributed by atoms with van der Waals surface area (Å²) in [5, 5.41) is 20.6. The standard InChI is InChI=1S/C30H31NO8/c1-3-4-5-18-37-25-13-8-22(9-14-25)24-12-17-28(27(20-24)31(35)36)39-30(34)23-10-15-26(16-11-23)38-19-6-7-21(2)29(32)33/h8-17,20H,2-7,18-19H2,1H3,(H,32,33).